The third kappa shape index (κ3) is 6.59. The van der Waals surface area contributed by atoms with E-state index in [1.165, 1.54) is 12.2 Å². The average molecular weight is 329 g/mol. The van der Waals surface area contributed by atoms with Crippen molar-refractivity contribution in [3.05, 3.63) is 12.2 Å². The van der Waals surface area contributed by atoms with Crippen LogP contribution in [0, 0.1) is 5.92 Å². The molecule has 4 atom stereocenters. The van der Waals surface area contributed by atoms with Crippen molar-refractivity contribution in [2.75, 3.05) is 20.8 Å². The highest BCUT2D eigenvalue weighted by Gasteiger charge is 2.29. The second kappa shape index (κ2) is 10.0. The van der Waals surface area contributed by atoms with E-state index in [0.29, 0.717) is 19.3 Å². The van der Waals surface area contributed by atoms with E-state index < -0.39 is 6.10 Å². The molecule has 6 heteroatoms. The van der Waals surface area contributed by atoms with E-state index in [0.717, 1.165) is 24.8 Å². The van der Waals surface area contributed by atoms with Crippen LogP contribution in [0.1, 0.15) is 45.4 Å². The quantitative estimate of drug-likeness (QED) is 0.471. The zero-order valence-corrected chi connectivity index (χ0v) is 14.5. The Morgan fingerprint density at radius 1 is 1.52 bits per heavy atom. The SMILES string of the molecule is C=C1C[C@H](CCCO)OC1CC[C@@H](O)CC(C)C(=O)N(C)OC. The van der Waals surface area contributed by atoms with Crippen molar-refractivity contribution in [1.82, 2.24) is 5.06 Å². The molecule has 1 amide bonds. The topological polar surface area (TPSA) is 79.2 Å². The number of hydrogen-bond acceptors (Lipinski definition) is 5. The van der Waals surface area contributed by atoms with Crippen molar-refractivity contribution >= 4 is 5.91 Å². The Bertz CT molecular complexity index is 387. The Labute approximate surface area is 139 Å². The summed E-state index contributed by atoms with van der Waals surface area (Å²) >= 11 is 0. The van der Waals surface area contributed by atoms with Crippen molar-refractivity contribution in [1.29, 1.82) is 0 Å². The highest BCUT2D eigenvalue weighted by molar-refractivity contribution is 5.77. The van der Waals surface area contributed by atoms with Gasteiger partial charge in [-0.2, -0.15) is 0 Å². The summed E-state index contributed by atoms with van der Waals surface area (Å²) in [6.07, 6.45) is 3.64. The van der Waals surface area contributed by atoms with Crippen LogP contribution in [0.5, 0.6) is 0 Å². The Morgan fingerprint density at radius 2 is 2.22 bits per heavy atom. The predicted octanol–water partition coefficient (Wildman–Crippen LogP) is 1.66. The number of nitrogens with zero attached hydrogens (tertiary/aromatic N) is 1. The molecule has 23 heavy (non-hydrogen) atoms. The summed E-state index contributed by atoms with van der Waals surface area (Å²) in [5.74, 6) is -0.433. The van der Waals surface area contributed by atoms with E-state index in [-0.39, 0.29) is 30.6 Å². The molecule has 0 aromatic heterocycles. The van der Waals surface area contributed by atoms with E-state index >= 15 is 0 Å². The number of carbonyl (C=O) groups is 1. The lowest BCUT2D eigenvalue weighted by Gasteiger charge is -2.21. The van der Waals surface area contributed by atoms with Gasteiger partial charge >= 0.3 is 0 Å². The van der Waals surface area contributed by atoms with Crippen LogP contribution in [0.15, 0.2) is 12.2 Å². The number of ether oxygens (including phenoxy) is 1. The van der Waals surface area contributed by atoms with Crippen LogP contribution in [0.3, 0.4) is 0 Å². The van der Waals surface area contributed by atoms with Crippen molar-refractivity contribution in [2.24, 2.45) is 5.92 Å². The van der Waals surface area contributed by atoms with Gasteiger partial charge in [-0.25, -0.2) is 5.06 Å². The zero-order valence-electron chi connectivity index (χ0n) is 14.5. The van der Waals surface area contributed by atoms with E-state index in [1.807, 2.05) is 0 Å². The van der Waals surface area contributed by atoms with Crippen molar-refractivity contribution in [3.8, 4) is 0 Å². The van der Waals surface area contributed by atoms with Crippen LogP contribution in [0.2, 0.25) is 0 Å². The lowest BCUT2D eigenvalue weighted by molar-refractivity contribution is -0.173. The first-order valence-electron chi connectivity index (χ1n) is 8.32. The van der Waals surface area contributed by atoms with Crippen molar-refractivity contribution < 1.29 is 24.6 Å². The molecular weight excluding hydrogens is 298 g/mol. The van der Waals surface area contributed by atoms with Gasteiger partial charge in [-0.05, 0) is 44.1 Å². The summed E-state index contributed by atoms with van der Waals surface area (Å²) in [7, 11) is 3.01. The third-order valence-corrected chi connectivity index (χ3v) is 4.38. The maximum absolute atomic E-state index is 11.9. The van der Waals surface area contributed by atoms with Crippen LogP contribution in [0.25, 0.3) is 0 Å². The zero-order chi connectivity index (χ0) is 17.4. The molecule has 1 aliphatic heterocycles. The summed E-state index contributed by atoms with van der Waals surface area (Å²) in [5.41, 5.74) is 1.06. The van der Waals surface area contributed by atoms with Gasteiger partial charge < -0.3 is 14.9 Å². The molecule has 1 saturated heterocycles. The minimum absolute atomic E-state index is 0.0269. The van der Waals surface area contributed by atoms with Gasteiger partial charge in [-0.1, -0.05) is 13.5 Å². The number of hydroxylamine groups is 2. The number of hydrogen-bond donors (Lipinski definition) is 2. The molecule has 1 heterocycles. The van der Waals surface area contributed by atoms with Crippen LogP contribution >= 0.6 is 0 Å². The first-order valence-corrected chi connectivity index (χ1v) is 8.32. The molecule has 0 bridgehead atoms. The minimum atomic E-state index is -0.549. The van der Waals surface area contributed by atoms with E-state index in [4.69, 9.17) is 14.7 Å². The fourth-order valence-corrected chi connectivity index (χ4v) is 2.93. The summed E-state index contributed by atoms with van der Waals surface area (Å²) in [5, 5.41) is 20.2. The summed E-state index contributed by atoms with van der Waals surface area (Å²) < 4.78 is 5.92. The number of aliphatic hydroxyl groups excluding tert-OH is 2. The second-order valence-electron chi connectivity index (χ2n) is 6.36. The van der Waals surface area contributed by atoms with E-state index in [9.17, 15) is 9.90 Å². The lowest BCUT2D eigenvalue weighted by atomic mass is 9.96. The first kappa shape index (κ1) is 20.1. The number of carbonyl (C=O) groups excluding carboxylic acids is 1. The molecule has 0 radical (unpaired) electrons. The van der Waals surface area contributed by atoms with E-state index in [1.54, 1.807) is 14.0 Å². The normalized spacial score (nSPS) is 23.8. The molecule has 2 unspecified atom stereocenters. The lowest BCUT2D eigenvalue weighted by Crippen LogP contribution is -2.32. The highest BCUT2D eigenvalue weighted by Crippen LogP contribution is 2.30. The van der Waals surface area contributed by atoms with Crippen LogP contribution < -0.4 is 0 Å². The molecule has 6 nitrogen and oxygen atoms in total. The maximum atomic E-state index is 11.9. The monoisotopic (exact) mass is 329 g/mol. The Morgan fingerprint density at radius 3 is 2.83 bits per heavy atom. The van der Waals surface area contributed by atoms with Crippen molar-refractivity contribution in [2.45, 2.75) is 63.8 Å². The predicted molar refractivity (Wildman–Crippen MR) is 87.5 cm³/mol. The summed E-state index contributed by atoms with van der Waals surface area (Å²) in [6, 6.07) is 0. The average Bonchev–Trinajstić information content (AvgIpc) is 2.89. The molecule has 0 spiro atoms. The molecule has 1 aliphatic rings. The molecule has 0 aromatic rings. The van der Waals surface area contributed by atoms with Gasteiger partial charge in [0.25, 0.3) is 0 Å². The molecule has 1 fully saturated rings. The second-order valence-corrected chi connectivity index (χ2v) is 6.36. The van der Waals surface area contributed by atoms with Gasteiger partial charge in [0.15, 0.2) is 0 Å². The fraction of sp³-hybridized carbons (Fsp3) is 0.824. The van der Waals surface area contributed by atoms with Crippen molar-refractivity contribution in [3.63, 3.8) is 0 Å². The molecule has 0 saturated carbocycles. The van der Waals surface area contributed by atoms with Gasteiger partial charge in [0, 0.05) is 19.6 Å². The number of amides is 1. The molecule has 2 N–H and O–H groups in total. The van der Waals surface area contributed by atoms with Crippen LogP contribution in [-0.2, 0) is 14.4 Å². The molecule has 1 rings (SSSR count). The van der Waals surface area contributed by atoms with Gasteiger partial charge in [-0.3, -0.25) is 9.63 Å². The van der Waals surface area contributed by atoms with E-state index in [2.05, 4.69) is 6.58 Å². The summed E-state index contributed by atoms with van der Waals surface area (Å²) in [4.78, 5) is 16.8. The number of rotatable bonds is 10. The summed E-state index contributed by atoms with van der Waals surface area (Å²) in [6.45, 7) is 6.02. The molecule has 134 valence electrons. The Balaban J connectivity index is 2.31. The van der Waals surface area contributed by atoms with Gasteiger partial charge in [0.1, 0.15) is 0 Å². The van der Waals surface area contributed by atoms with Gasteiger partial charge in [0.2, 0.25) is 5.91 Å². The van der Waals surface area contributed by atoms with Gasteiger partial charge in [-0.15, -0.1) is 0 Å². The van der Waals surface area contributed by atoms with Crippen LogP contribution in [0.4, 0.5) is 0 Å². The standard InChI is InChI=1S/C17H31NO5/c1-12-11-15(6-5-9-19)23-16(12)8-7-14(20)10-13(2)17(21)18(3)22-4/h13-16,19-20H,1,5-11H2,2-4H3/t13?,14-,15+,16?/m1/s1. The van der Waals surface area contributed by atoms with Gasteiger partial charge in [0.05, 0.1) is 25.4 Å². The minimum Gasteiger partial charge on any atom is -0.396 e. The number of aliphatic hydroxyl groups is 2. The molecule has 0 aliphatic carbocycles. The smallest absolute Gasteiger partial charge is 0.248 e. The van der Waals surface area contributed by atoms with Crippen LogP contribution in [-0.4, -0.2) is 60.3 Å². The third-order valence-electron chi connectivity index (χ3n) is 4.38. The highest BCUT2D eigenvalue weighted by atomic mass is 16.7. The Kier molecular flexibility index (Phi) is 8.76. The first-order chi connectivity index (χ1) is 10.9. The Hall–Kier alpha value is -0.950. The fourth-order valence-electron chi connectivity index (χ4n) is 2.93. The molecular formula is C17H31NO5. The molecule has 0 aromatic carbocycles. The maximum Gasteiger partial charge on any atom is 0.248 e. The largest absolute Gasteiger partial charge is 0.396 e.